The predicted molar refractivity (Wildman–Crippen MR) is 112 cm³/mol. The first kappa shape index (κ1) is 18.3. The summed E-state index contributed by atoms with van der Waals surface area (Å²) in [6.45, 7) is 2.52. The molecule has 28 heavy (non-hydrogen) atoms. The van der Waals surface area contributed by atoms with E-state index in [0.717, 1.165) is 17.5 Å². The van der Waals surface area contributed by atoms with Crippen LogP contribution in [0.25, 0.3) is 0 Å². The fourth-order valence-corrected chi connectivity index (χ4v) is 3.69. The van der Waals surface area contributed by atoms with Crippen molar-refractivity contribution in [1.29, 1.82) is 0 Å². The van der Waals surface area contributed by atoms with Crippen molar-refractivity contribution in [1.82, 2.24) is 5.32 Å². The molecule has 3 heteroatoms. The van der Waals surface area contributed by atoms with E-state index in [-0.39, 0.29) is 11.9 Å². The Morgan fingerprint density at radius 1 is 0.964 bits per heavy atom. The number of carbonyl (C=O) groups is 1. The summed E-state index contributed by atoms with van der Waals surface area (Å²) in [6, 6.07) is 23.9. The Bertz CT molecular complexity index is 965. The highest BCUT2D eigenvalue weighted by Gasteiger charge is 2.16. The zero-order valence-electron chi connectivity index (χ0n) is 16.2. The molecule has 3 aromatic rings. The summed E-state index contributed by atoms with van der Waals surface area (Å²) in [5.41, 5.74) is 5.74. The largest absolute Gasteiger partial charge is 0.489 e. The van der Waals surface area contributed by atoms with E-state index in [1.165, 1.54) is 24.0 Å². The number of hydrogen-bond acceptors (Lipinski definition) is 2. The number of carbonyl (C=O) groups excluding carboxylic acids is 1. The molecule has 0 spiro atoms. The maximum atomic E-state index is 12.7. The molecule has 1 atom stereocenters. The second-order valence-corrected chi connectivity index (χ2v) is 7.38. The van der Waals surface area contributed by atoms with Crippen LogP contribution >= 0.6 is 0 Å². The molecule has 1 aliphatic rings. The van der Waals surface area contributed by atoms with Gasteiger partial charge in [-0.3, -0.25) is 4.79 Å². The maximum Gasteiger partial charge on any atom is 0.251 e. The summed E-state index contributed by atoms with van der Waals surface area (Å²) in [6.07, 6.45) is 3.55. The predicted octanol–water partition coefficient (Wildman–Crippen LogP) is 5.25. The van der Waals surface area contributed by atoms with E-state index in [4.69, 9.17) is 4.74 Å². The van der Waals surface area contributed by atoms with Crippen molar-refractivity contribution in [2.24, 2.45) is 0 Å². The molecular formula is C25H25NO2. The minimum absolute atomic E-state index is 0.0349. The smallest absolute Gasteiger partial charge is 0.251 e. The molecule has 3 aromatic carbocycles. The Hall–Kier alpha value is -3.07. The van der Waals surface area contributed by atoms with E-state index in [2.05, 4.69) is 23.5 Å². The van der Waals surface area contributed by atoms with Crippen LogP contribution in [-0.2, 0) is 19.4 Å². The van der Waals surface area contributed by atoms with E-state index in [0.29, 0.717) is 17.9 Å². The van der Waals surface area contributed by atoms with E-state index >= 15 is 0 Å². The van der Waals surface area contributed by atoms with E-state index < -0.39 is 0 Å². The summed E-state index contributed by atoms with van der Waals surface area (Å²) in [7, 11) is 0. The number of fused-ring (bicyclic) bond motifs is 1. The lowest BCUT2D eigenvalue weighted by Crippen LogP contribution is -2.26. The number of nitrogens with one attached hydrogen (secondary N) is 1. The number of aryl methyl sites for hydroxylation is 2. The molecule has 0 heterocycles. The highest BCUT2D eigenvalue weighted by molar-refractivity contribution is 5.94. The van der Waals surface area contributed by atoms with E-state index in [1.54, 1.807) is 6.07 Å². The number of hydrogen-bond donors (Lipinski definition) is 1. The third-order valence-corrected chi connectivity index (χ3v) is 5.31. The summed E-state index contributed by atoms with van der Waals surface area (Å²) in [5, 5.41) is 3.11. The van der Waals surface area contributed by atoms with Crippen molar-refractivity contribution in [2.75, 3.05) is 0 Å². The van der Waals surface area contributed by atoms with Gasteiger partial charge >= 0.3 is 0 Å². The fraction of sp³-hybridized carbons (Fsp3) is 0.240. The standard InChI is InChI=1S/C25H25NO2/c1-18(21-14-13-20-9-5-10-22(20)15-21)26-25(27)23-11-6-12-24(16-23)28-17-19-7-3-2-4-8-19/h2-4,6-8,11-16,18H,5,9-10,17H2,1H3,(H,26,27)/t18-/m0/s1. The third-order valence-electron chi connectivity index (χ3n) is 5.31. The molecule has 3 nitrogen and oxygen atoms in total. The van der Waals surface area contributed by atoms with Gasteiger partial charge in [0.05, 0.1) is 6.04 Å². The molecule has 1 amide bonds. The average molecular weight is 371 g/mol. The van der Waals surface area contributed by atoms with E-state index in [9.17, 15) is 4.79 Å². The summed E-state index contributed by atoms with van der Waals surface area (Å²) < 4.78 is 5.84. The summed E-state index contributed by atoms with van der Waals surface area (Å²) in [5.74, 6) is 0.611. The van der Waals surface area contributed by atoms with Gasteiger partial charge in [0.2, 0.25) is 0 Å². The maximum absolute atomic E-state index is 12.7. The van der Waals surface area contributed by atoms with Crippen LogP contribution in [-0.4, -0.2) is 5.91 Å². The normalized spacial score (nSPS) is 13.6. The second kappa shape index (κ2) is 8.30. The minimum atomic E-state index is -0.0850. The number of ether oxygens (including phenoxy) is 1. The lowest BCUT2D eigenvalue weighted by atomic mass is 10.0. The molecule has 0 saturated heterocycles. The first-order valence-electron chi connectivity index (χ1n) is 9.88. The van der Waals surface area contributed by atoms with Gasteiger partial charge in [-0.05, 0) is 66.6 Å². The molecule has 0 fully saturated rings. The highest BCUT2D eigenvalue weighted by atomic mass is 16.5. The van der Waals surface area contributed by atoms with E-state index in [1.807, 2.05) is 55.5 Å². The number of rotatable bonds is 6. The first-order chi connectivity index (χ1) is 13.7. The van der Waals surface area contributed by atoms with Gasteiger partial charge in [-0.15, -0.1) is 0 Å². The van der Waals surface area contributed by atoms with Gasteiger partial charge in [-0.25, -0.2) is 0 Å². The summed E-state index contributed by atoms with van der Waals surface area (Å²) >= 11 is 0. The minimum Gasteiger partial charge on any atom is -0.489 e. The van der Waals surface area contributed by atoms with Crippen LogP contribution < -0.4 is 10.1 Å². The second-order valence-electron chi connectivity index (χ2n) is 7.38. The van der Waals surface area contributed by atoms with Crippen LogP contribution in [0.1, 0.15) is 52.0 Å². The van der Waals surface area contributed by atoms with Gasteiger partial charge in [0.25, 0.3) is 5.91 Å². The van der Waals surface area contributed by atoms with Gasteiger partial charge in [0, 0.05) is 5.56 Å². The molecule has 1 N–H and O–H groups in total. The zero-order chi connectivity index (χ0) is 19.3. The SMILES string of the molecule is C[C@H](NC(=O)c1cccc(OCc2ccccc2)c1)c1ccc2c(c1)CCC2. The fourth-order valence-electron chi connectivity index (χ4n) is 3.69. The molecule has 0 unspecified atom stereocenters. The van der Waals surface area contributed by atoms with Crippen molar-refractivity contribution < 1.29 is 9.53 Å². The molecule has 0 radical (unpaired) electrons. The molecule has 142 valence electrons. The van der Waals surface area contributed by atoms with Crippen LogP contribution in [0.15, 0.2) is 72.8 Å². The zero-order valence-corrected chi connectivity index (χ0v) is 16.2. The van der Waals surface area contributed by atoms with Crippen molar-refractivity contribution in [3.05, 3.63) is 101 Å². The van der Waals surface area contributed by atoms with Crippen molar-refractivity contribution in [3.63, 3.8) is 0 Å². The Kier molecular flexibility index (Phi) is 5.43. The Morgan fingerprint density at radius 2 is 1.79 bits per heavy atom. The lowest BCUT2D eigenvalue weighted by molar-refractivity contribution is 0.0939. The highest BCUT2D eigenvalue weighted by Crippen LogP contribution is 2.25. The van der Waals surface area contributed by atoms with Crippen LogP contribution in [0.2, 0.25) is 0 Å². The third kappa shape index (κ3) is 4.25. The molecule has 0 bridgehead atoms. The molecular weight excluding hydrogens is 346 g/mol. The average Bonchev–Trinajstić information content (AvgIpc) is 3.21. The molecule has 0 aromatic heterocycles. The van der Waals surface area contributed by atoms with Gasteiger partial charge < -0.3 is 10.1 Å². The molecule has 0 aliphatic heterocycles. The van der Waals surface area contributed by atoms with Crippen LogP contribution in [0.3, 0.4) is 0 Å². The van der Waals surface area contributed by atoms with Gasteiger partial charge in [-0.1, -0.05) is 54.6 Å². The van der Waals surface area contributed by atoms with Gasteiger partial charge in [0.1, 0.15) is 12.4 Å². The van der Waals surface area contributed by atoms with Crippen LogP contribution in [0.5, 0.6) is 5.75 Å². The Morgan fingerprint density at radius 3 is 2.64 bits per heavy atom. The summed E-state index contributed by atoms with van der Waals surface area (Å²) in [4.78, 5) is 12.7. The van der Waals surface area contributed by atoms with Crippen LogP contribution in [0, 0.1) is 0 Å². The monoisotopic (exact) mass is 371 g/mol. The Balaban J connectivity index is 1.40. The molecule has 1 aliphatic carbocycles. The Labute approximate surface area is 166 Å². The lowest BCUT2D eigenvalue weighted by Gasteiger charge is -2.16. The van der Waals surface area contributed by atoms with Gasteiger partial charge in [-0.2, -0.15) is 0 Å². The molecule has 0 saturated carbocycles. The topological polar surface area (TPSA) is 38.3 Å². The van der Waals surface area contributed by atoms with Crippen molar-refractivity contribution in [2.45, 2.75) is 38.8 Å². The van der Waals surface area contributed by atoms with Crippen LogP contribution in [0.4, 0.5) is 0 Å². The number of amides is 1. The van der Waals surface area contributed by atoms with Crippen molar-refractivity contribution in [3.8, 4) is 5.75 Å². The van der Waals surface area contributed by atoms with Gasteiger partial charge in [0.15, 0.2) is 0 Å². The first-order valence-corrected chi connectivity index (χ1v) is 9.88. The number of benzene rings is 3. The quantitative estimate of drug-likeness (QED) is 0.643. The van der Waals surface area contributed by atoms with Crippen molar-refractivity contribution >= 4 is 5.91 Å². The molecule has 4 rings (SSSR count).